The van der Waals surface area contributed by atoms with E-state index in [4.69, 9.17) is 10.5 Å². The van der Waals surface area contributed by atoms with Gasteiger partial charge < -0.3 is 20.7 Å². The Labute approximate surface area is 128 Å². The molecule has 0 aromatic rings. The van der Waals surface area contributed by atoms with Crippen LogP contribution in [0.2, 0.25) is 0 Å². The molecular formula is C16H31N3O2. The molecular weight excluding hydrogens is 266 g/mol. The Kier molecular flexibility index (Phi) is 4.15. The molecule has 0 radical (unpaired) electrons. The van der Waals surface area contributed by atoms with Crippen molar-refractivity contribution in [3.63, 3.8) is 0 Å². The van der Waals surface area contributed by atoms with Crippen LogP contribution in [0.1, 0.15) is 34.1 Å². The second-order valence-electron chi connectivity index (χ2n) is 8.36. The Hall–Kier alpha value is -0.650. The summed E-state index contributed by atoms with van der Waals surface area (Å²) in [7, 11) is 4.09. The molecule has 21 heavy (non-hydrogen) atoms. The van der Waals surface area contributed by atoms with Gasteiger partial charge in [-0.15, -0.1) is 0 Å². The van der Waals surface area contributed by atoms with Gasteiger partial charge in [0, 0.05) is 31.0 Å². The number of fused-ring (bicyclic) bond motifs is 1. The Morgan fingerprint density at radius 3 is 2.62 bits per heavy atom. The van der Waals surface area contributed by atoms with Crippen molar-refractivity contribution in [2.45, 2.75) is 45.8 Å². The Morgan fingerprint density at radius 1 is 1.43 bits per heavy atom. The SMILES string of the molecule is CN(C)CC(C)(C)CNC(=O)C1(N)C2CCOC2C1(C)C. The highest BCUT2D eigenvalue weighted by Crippen LogP contribution is 2.58. The third kappa shape index (κ3) is 2.60. The lowest BCUT2D eigenvalue weighted by Gasteiger charge is -2.60. The second-order valence-corrected chi connectivity index (χ2v) is 8.36. The Balaban J connectivity index is 2.00. The molecule has 5 heteroatoms. The molecule has 3 atom stereocenters. The summed E-state index contributed by atoms with van der Waals surface area (Å²) in [6.45, 7) is 10.7. The molecule has 2 fully saturated rings. The monoisotopic (exact) mass is 297 g/mol. The van der Waals surface area contributed by atoms with Crippen LogP contribution in [0.5, 0.6) is 0 Å². The van der Waals surface area contributed by atoms with E-state index in [0.717, 1.165) is 19.6 Å². The van der Waals surface area contributed by atoms with E-state index < -0.39 is 5.54 Å². The third-order valence-corrected chi connectivity index (χ3v) is 5.30. The van der Waals surface area contributed by atoms with Crippen molar-refractivity contribution in [1.82, 2.24) is 10.2 Å². The van der Waals surface area contributed by atoms with Crippen LogP contribution < -0.4 is 11.1 Å². The first-order chi connectivity index (χ1) is 9.52. The molecule has 1 aliphatic carbocycles. The van der Waals surface area contributed by atoms with Crippen LogP contribution in [0, 0.1) is 16.7 Å². The molecule has 0 aromatic heterocycles. The minimum Gasteiger partial charge on any atom is -0.377 e. The summed E-state index contributed by atoms with van der Waals surface area (Å²) in [6.07, 6.45) is 1.02. The van der Waals surface area contributed by atoms with Crippen molar-refractivity contribution < 1.29 is 9.53 Å². The highest BCUT2D eigenvalue weighted by Gasteiger charge is 2.71. The van der Waals surface area contributed by atoms with Crippen molar-refractivity contribution in [3.05, 3.63) is 0 Å². The van der Waals surface area contributed by atoms with E-state index in [1.54, 1.807) is 0 Å². The maximum atomic E-state index is 12.7. The molecule has 5 nitrogen and oxygen atoms in total. The van der Waals surface area contributed by atoms with E-state index in [1.807, 2.05) is 27.9 Å². The van der Waals surface area contributed by atoms with Gasteiger partial charge >= 0.3 is 0 Å². The summed E-state index contributed by atoms with van der Waals surface area (Å²) < 4.78 is 5.74. The van der Waals surface area contributed by atoms with E-state index in [1.165, 1.54) is 0 Å². The van der Waals surface area contributed by atoms with Crippen molar-refractivity contribution in [1.29, 1.82) is 0 Å². The van der Waals surface area contributed by atoms with Crippen molar-refractivity contribution in [2.24, 2.45) is 22.5 Å². The number of nitrogens with two attached hydrogens (primary N) is 1. The molecule has 2 rings (SSSR count). The predicted molar refractivity (Wildman–Crippen MR) is 83.9 cm³/mol. The number of carbonyl (C=O) groups excluding carboxylic acids is 1. The highest BCUT2D eigenvalue weighted by atomic mass is 16.5. The van der Waals surface area contributed by atoms with Gasteiger partial charge in [-0.2, -0.15) is 0 Å². The smallest absolute Gasteiger partial charge is 0.241 e. The maximum Gasteiger partial charge on any atom is 0.241 e. The van der Waals surface area contributed by atoms with Crippen molar-refractivity contribution in [3.8, 4) is 0 Å². The van der Waals surface area contributed by atoms with Crippen LogP contribution in [0.4, 0.5) is 0 Å². The lowest BCUT2D eigenvalue weighted by atomic mass is 9.48. The first kappa shape index (κ1) is 16.7. The molecule has 2 aliphatic rings. The van der Waals surface area contributed by atoms with E-state index >= 15 is 0 Å². The minimum absolute atomic E-state index is 0.0221. The quantitative estimate of drug-likeness (QED) is 0.789. The fourth-order valence-electron chi connectivity index (χ4n) is 4.22. The number of nitrogens with zero attached hydrogens (tertiary/aromatic N) is 1. The topological polar surface area (TPSA) is 67.6 Å². The van der Waals surface area contributed by atoms with Crippen LogP contribution >= 0.6 is 0 Å². The molecule has 1 saturated carbocycles. The van der Waals surface area contributed by atoms with E-state index in [9.17, 15) is 4.79 Å². The number of nitrogens with one attached hydrogen (secondary N) is 1. The fourth-order valence-corrected chi connectivity index (χ4v) is 4.22. The third-order valence-electron chi connectivity index (χ3n) is 5.30. The Morgan fingerprint density at radius 2 is 2.05 bits per heavy atom. The summed E-state index contributed by atoms with van der Waals surface area (Å²) in [5.41, 5.74) is 5.46. The number of hydrogen-bond acceptors (Lipinski definition) is 4. The average Bonchev–Trinajstić information content (AvgIpc) is 2.81. The molecule has 1 heterocycles. The van der Waals surface area contributed by atoms with Gasteiger partial charge in [0.25, 0.3) is 0 Å². The van der Waals surface area contributed by atoms with Gasteiger partial charge in [0.15, 0.2) is 0 Å². The van der Waals surface area contributed by atoms with E-state index in [0.29, 0.717) is 6.54 Å². The van der Waals surface area contributed by atoms with E-state index in [2.05, 4.69) is 24.1 Å². The zero-order chi connectivity index (χ0) is 16.1. The van der Waals surface area contributed by atoms with Gasteiger partial charge in [-0.3, -0.25) is 4.79 Å². The fraction of sp³-hybridized carbons (Fsp3) is 0.938. The van der Waals surface area contributed by atoms with Crippen molar-refractivity contribution in [2.75, 3.05) is 33.8 Å². The summed E-state index contributed by atoms with van der Waals surface area (Å²) in [5.74, 6) is 0.135. The molecule has 3 N–H and O–H groups in total. The van der Waals surface area contributed by atoms with Gasteiger partial charge in [-0.1, -0.05) is 27.7 Å². The van der Waals surface area contributed by atoms with Gasteiger partial charge in [-0.25, -0.2) is 0 Å². The zero-order valence-electron chi connectivity index (χ0n) is 14.3. The molecule has 0 aromatic carbocycles. The second kappa shape index (κ2) is 5.21. The standard InChI is InChI=1S/C16H31N3O2/c1-14(2,10-19(5)6)9-18-13(20)16(17)11-7-8-21-12(11)15(16,3)4/h11-12H,7-10,17H2,1-6H3,(H,18,20). The van der Waals surface area contributed by atoms with Gasteiger partial charge in [0.1, 0.15) is 5.54 Å². The predicted octanol–water partition coefficient (Wildman–Crippen LogP) is 0.833. The number of rotatable bonds is 5. The molecule has 122 valence electrons. The van der Waals surface area contributed by atoms with E-state index in [-0.39, 0.29) is 28.8 Å². The largest absolute Gasteiger partial charge is 0.377 e. The molecule has 1 amide bonds. The summed E-state index contributed by atoms with van der Waals surface area (Å²) in [4.78, 5) is 14.9. The van der Waals surface area contributed by atoms with Gasteiger partial charge in [0.2, 0.25) is 5.91 Å². The van der Waals surface area contributed by atoms with Gasteiger partial charge in [0.05, 0.1) is 6.10 Å². The number of ether oxygens (including phenoxy) is 1. The molecule has 1 aliphatic heterocycles. The van der Waals surface area contributed by atoms with Gasteiger partial charge in [-0.05, 0) is 25.9 Å². The van der Waals surface area contributed by atoms with Crippen LogP contribution in [0.25, 0.3) is 0 Å². The normalized spacial score (nSPS) is 34.5. The highest BCUT2D eigenvalue weighted by molar-refractivity contribution is 5.89. The van der Waals surface area contributed by atoms with Crippen molar-refractivity contribution >= 4 is 5.91 Å². The lowest BCUT2D eigenvalue weighted by molar-refractivity contribution is -0.175. The van der Waals surface area contributed by atoms with Crippen LogP contribution in [0.15, 0.2) is 0 Å². The maximum absolute atomic E-state index is 12.7. The summed E-state index contributed by atoms with van der Waals surface area (Å²) in [5, 5.41) is 3.09. The summed E-state index contributed by atoms with van der Waals surface area (Å²) in [6, 6.07) is 0. The molecule has 1 saturated heterocycles. The first-order valence-electron chi connectivity index (χ1n) is 7.86. The minimum atomic E-state index is -0.803. The summed E-state index contributed by atoms with van der Waals surface area (Å²) >= 11 is 0. The Bertz CT molecular complexity index is 420. The number of hydrogen-bond donors (Lipinski definition) is 2. The number of amides is 1. The van der Waals surface area contributed by atoms with Crippen LogP contribution in [0.3, 0.4) is 0 Å². The van der Waals surface area contributed by atoms with Crippen LogP contribution in [-0.4, -0.2) is 56.2 Å². The zero-order valence-corrected chi connectivity index (χ0v) is 14.3. The first-order valence-corrected chi connectivity index (χ1v) is 7.86. The molecule has 0 spiro atoms. The average molecular weight is 297 g/mol. The molecule has 3 unspecified atom stereocenters. The lowest BCUT2D eigenvalue weighted by Crippen LogP contribution is -2.80. The molecule has 0 bridgehead atoms. The van der Waals surface area contributed by atoms with Crippen LogP contribution in [-0.2, 0) is 9.53 Å². The number of carbonyl (C=O) groups is 1.